The molecule has 0 aromatic carbocycles. The maximum Gasteiger partial charge on any atom is 0.404 e. The number of nitrogens with two attached hydrogens (primary N) is 5. The van der Waals surface area contributed by atoms with Crippen LogP contribution < -0.4 is 55.3 Å². The maximum absolute atomic E-state index is 15.2. The molecule has 0 aliphatic carbocycles. The van der Waals surface area contributed by atoms with Gasteiger partial charge in [-0.1, -0.05) is 18.9 Å². The lowest BCUT2D eigenvalue weighted by molar-refractivity contribution is -0.372. The van der Waals surface area contributed by atoms with Crippen LogP contribution in [-0.4, -0.2) is 242 Å². The number of rotatable bonds is 37. The molecule has 4 aromatic rings. The Bertz CT molecular complexity index is 3350. The van der Waals surface area contributed by atoms with E-state index in [4.69, 9.17) is 52.4 Å². The highest BCUT2D eigenvalue weighted by Gasteiger charge is 2.54. The van der Waals surface area contributed by atoms with E-state index in [2.05, 4.69) is 63.1 Å². The summed E-state index contributed by atoms with van der Waals surface area (Å²) in [5.74, 6) is -8.44. The van der Waals surface area contributed by atoms with Gasteiger partial charge in [0.05, 0.1) is 72.7 Å². The van der Waals surface area contributed by atoms with Crippen molar-refractivity contribution in [1.29, 1.82) is 0 Å². The van der Waals surface area contributed by atoms with Crippen molar-refractivity contribution in [2.24, 2.45) is 28.9 Å². The molecular weight excluding hydrogens is 1320 g/mol. The second-order valence-corrected chi connectivity index (χ2v) is 25.3. The number of carbonyl (C=O) groups is 8. The van der Waals surface area contributed by atoms with Crippen molar-refractivity contribution in [3.8, 4) is 10.7 Å². The number of nitrogen functional groups attached to an aromatic ring is 1. The van der Waals surface area contributed by atoms with Gasteiger partial charge in [-0.3, -0.25) is 33.6 Å². The number of imidazole rings is 1. The number of amides is 7. The maximum atomic E-state index is 15.2. The van der Waals surface area contributed by atoms with Crippen molar-refractivity contribution < 1.29 is 103 Å². The molecule has 2 aliphatic heterocycles. The summed E-state index contributed by atoms with van der Waals surface area (Å²) in [6, 6.07) is -7.84. The number of Topliss-reactive ketones (excluding diaryl/α,β-unsaturated/α-hetero) is 1. The van der Waals surface area contributed by atoms with Crippen LogP contribution in [0.4, 0.5) is 10.6 Å². The largest absolute Gasteiger partial charge is 0.441 e. The van der Waals surface area contributed by atoms with E-state index in [0.29, 0.717) is 27.8 Å². The topological polar surface area (TPSA) is 615 Å². The van der Waals surface area contributed by atoms with Gasteiger partial charge in [-0.15, -0.1) is 29.3 Å². The number of hydrogen-bond acceptors (Lipinski definition) is 31. The van der Waals surface area contributed by atoms with Crippen molar-refractivity contribution in [3.05, 3.63) is 68.9 Å². The van der Waals surface area contributed by atoms with E-state index < -0.39 is 183 Å². The summed E-state index contributed by atoms with van der Waals surface area (Å²) in [5, 5.41) is 105. The lowest BCUT2D eigenvalue weighted by Gasteiger charge is -2.47. The minimum Gasteiger partial charge on any atom is -0.441 e. The number of aliphatic hydroxyl groups excluding tert-OH is 8. The summed E-state index contributed by atoms with van der Waals surface area (Å²) in [7, 11) is 0. The van der Waals surface area contributed by atoms with Crippen molar-refractivity contribution >= 4 is 75.8 Å². The highest BCUT2D eigenvalue weighted by molar-refractivity contribution is 7.14. The molecular formula is C58H86N16O21S2. The fourth-order valence-corrected chi connectivity index (χ4v) is 11.8. The Hall–Kier alpha value is -7.71. The highest BCUT2D eigenvalue weighted by Crippen LogP contribution is 2.35. The highest BCUT2D eigenvalue weighted by atomic mass is 32.1. The van der Waals surface area contributed by atoms with Crippen molar-refractivity contribution in [2.75, 3.05) is 32.0 Å². The number of aliphatic hydroxyl groups is 8. The molecule has 24 N–H and O–H groups in total. The zero-order valence-corrected chi connectivity index (χ0v) is 55.2. The van der Waals surface area contributed by atoms with Gasteiger partial charge >= 0.3 is 6.09 Å². The third-order valence-electron chi connectivity index (χ3n) is 15.8. The van der Waals surface area contributed by atoms with E-state index in [-0.39, 0.29) is 48.2 Å². The number of unbranched alkanes of at least 4 members (excludes halogenated alkanes) is 2. The zero-order valence-electron chi connectivity index (χ0n) is 53.6. The number of nitrogens with zero attached hydrogens (tertiary/aromatic N) is 5. The number of primary amides is 3. The third-order valence-corrected chi connectivity index (χ3v) is 17.6. The summed E-state index contributed by atoms with van der Waals surface area (Å²) in [5.41, 5.74) is 29.3. The molecule has 37 nitrogen and oxygen atoms in total. The Morgan fingerprint density at radius 3 is 2.10 bits per heavy atom. The van der Waals surface area contributed by atoms with Crippen LogP contribution in [0.5, 0.6) is 0 Å². The van der Waals surface area contributed by atoms with Crippen molar-refractivity contribution in [2.45, 2.75) is 189 Å². The van der Waals surface area contributed by atoms with Crippen LogP contribution in [0.25, 0.3) is 10.7 Å². The van der Waals surface area contributed by atoms with Crippen LogP contribution in [0.1, 0.15) is 121 Å². The molecule has 0 spiro atoms. The first-order chi connectivity index (χ1) is 45.8. The molecule has 536 valence electrons. The summed E-state index contributed by atoms with van der Waals surface area (Å²) in [4.78, 5) is 131. The van der Waals surface area contributed by atoms with Gasteiger partial charge in [0.25, 0.3) is 5.91 Å². The standard InChI is InChI=1S/C58H86N16O21S2/c1-22(2)10-8-7-9-11-32(78)30-19-97-55(70-30)31-20-96-36(69-31)12-13-65-52(87)38(26(6)77)72-51(86)24(4)40(80)25(5)68-54(89)39(73-53(88)37-23(3)48(61)74-50(71-37)28(14-35(60)79)66-15-27(59)49(62)85)45(29-16-64-21-67-29)93-57-47(43(83)41(81)33(17-75)92-57)94-56-44(84)46(95-58(63)90)42(82)34(18-76)91-56/h16,19-21,24-28,33-34,38-47,56-57,66,75-77,80-84H,1,7-15,17-18,59H2,2-6H3,(H2,60,79)(H2,62,85)(H2,63,90)(H,64,67)(H,65,87)(H,68,89)(H,72,86)(H,73,88)(H2,61,71,74)/t24?,25?,26?,27?,28?,33-,34-,38?,39?,40?,41+,42-,43?,44?,45?,46+,47-,56?,57-/m1/s1. The molecule has 12 unspecified atom stereocenters. The molecule has 6 rings (SSSR count). The van der Waals surface area contributed by atoms with E-state index >= 15 is 4.79 Å². The lowest BCUT2D eigenvalue weighted by Crippen LogP contribution is -2.65. The number of anilines is 1. The lowest BCUT2D eigenvalue weighted by atomic mass is 9.96. The summed E-state index contributed by atoms with van der Waals surface area (Å²) in [6.07, 6.45) is -21.2. The molecule has 19 atom stereocenters. The van der Waals surface area contributed by atoms with Crippen LogP contribution >= 0.6 is 22.7 Å². The van der Waals surface area contributed by atoms with E-state index in [9.17, 15) is 74.4 Å². The molecule has 0 radical (unpaired) electrons. The Morgan fingerprint density at radius 1 is 0.794 bits per heavy atom. The predicted molar refractivity (Wildman–Crippen MR) is 340 cm³/mol. The molecule has 4 aromatic heterocycles. The summed E-state index contributed by atoms with van der Waals surface area (Å²) in [6.45, 7) is 8.54. The molecule has 39 heteroatoms. The average molecular weight is 1410 g/mol. The minimum absolute atomic E-state index is 0.000509. The first-order valence-corrected chi connectivity index (χ1v) is 32.5. The first kappa shape index (κ1) is 78.3. The monoisotopic (exact) mass is 1410 g/mol. The molecule has 97 heavy (non-hydrogen) atoms. The van der Waals surface area contributed by atoms with Gasteiger partial charge in [0.1, 0.15) is 94.6 Å². The third kappa shape index (κ3) is 21.2. The van der Waals surface area contributed by atoms with Crippen molar-refractivity contribution in [3.63, 3.8) is 0 Å². The van der Waals surface area contributed by atoms with Crippen LogP contribution in [0.3, 0.4) is 0 Å². The zero-order chi connectivity index (χ0) is 71.7. The van der Waals surface area contributed by atoms with Crippen LogP contribution in [0.15, 0.2) is 35.4 Å². The van der Waals surface area contributed by atoms with Crippen LogP contribution in [0.2, 0.25) is 0 Å². The van der Waals surface area contributed by atoms with E-state index in [1.165, 1.54) is 50.4 Å². The number of allylic oxidation sites excluding steroid dienone is 1. The number of ketones is 1. The number of aromatic amines is 1. The number of thiazole rings is 2. The Kier molecular flexibility index (Phi) is 29.2. The number of aromatic nitrogens is 6. The van der Waals surface area contributed by atoms with Crippen LogP contribution in [-0.2, 0) is 54.1 Å². The molecule has 6 heterocycles. The predicted octanol–water partition coefficient (Wildman–Crippen LogP) is -4.99. The van der Waals surface area contributed by atoms with Gasteiger partial charge in [0.2, 0.25) is 29.5 Å². The van der Waals surface area contributed by atoms with Crippen LogP contribution in [0, 0.1) is 12.8 Å². The molecule has 2 saturated heterocycles. The summed E-state index contributed by atoms with van der Waals surface area (Å²) < 4.78 is 28.7. The van der Waals surface area contributed by atoms with Gasteiger partial charge in [-0.25, -0.2) is 29.7 Å². The normalized spacial score (nSPS) is 23.8. The minimum atomic E-state index is -2.20. The summed E-state index contributed by atoms with van der Waals surface area (Å²) >= 11 is 2.56. The van der Waals surface area contributed by atoms with Gasteiger partial charge < -0.3 is 125 Å². The number of ether oxygens (including phenoxy) is 5. The fourth-order valence-electron chi connectivity index (χ4n) is 10.2. The van der Waals surface area contributed by atoms with E-state index in [1.807, 2.05) is 6.92 Å². The first-order valence-electron chi connectivity index (χ1n) is 30.7. The van der Waals surface area contributed by atoms with E-state index in [1.54, 1.807) is 10.8 Å². The Labute approximate surface area is 563 Å². The van der Waals surface area contributed by atoms with Gasteiger partial charge in [-0.05, 0) is 47.0 Å². The Balaban J connectivity index is 1.25. The number of nitrogens with one attached hydrogen (secondary N) is 6. The molecule has 2 fully saturated rings. The second-order valence-electron chi connectivity index (χ2n) is 23.5. The number of H-pyrrole nitrogens is 1. The second kappa shape index (κ2) is 36.2. The number of hydrogen-bond donors (Lipinski definition) is 19. The molecule has 0 saturated carbocycles. The Morgan fingerprint density at radius 2 is 1.47 bits per heavy atom. The average Bonchev–Trinajstić information content (AvgIpc) is 1.35. The van der Waals surface area contributed by atoms with Crippen molar-refractivity contribution in [1.82, 2.24) is 56.5 Å². The van der Waals surface area contributed by atoms with Gasteiger partial charge in [0, 0.05) is 48.7 Å². The fraction of sp³-hybridized carbons (Fsp3) is 0.603. The molecule has 7 amide bonds. The van der Waals surface area contributed by atoms with Gasteiger partial charge in [-0.2, -0.15) is 0 Å². The molecule has 2 aliphatic rings. The smallest absolute Gasteiger partial charge is 0.404 e. The number of carbonyl (C=O) groups excluding carboxylic acids is 8. The van der Waals surface area contributed by atoms with E-state index in [0.717, 1.165) is 43.8 Å². The molecule has 0 bridgehead atoms. The van der Waals surface area contributed by atoms with Gasteiger partial charge in [0.15, 0.2) is 24.5 Å². The SMILES string of the molecule is C=C(C)CCCCCC(=O)c1csc(-c2csc(CCNC(=O)C(NC(=O)C(C)C(O)C(C)NC(=O)C(NC(=O)c3nc(C(CC(N)=O)NCC(N)C(N)=O)nc(N)c3C)C(O[C@H]3O[C@H](CO)[C@H](O)C(O)[C@H]3OC3O[C@H](CO)[C@@H](O)[C@H](OC(N)=O)C3O)c3cnc[nH]3)C(C)O)n2)n1. The quantitative estimate of drug-likeness (QED) is 0.0114.